The first kappa shape index (κ1) is 18.8. The molecule has 0 fully saturated rings. The van der Waals surface area contributed by atoms with Gasteiger partial charge in [0, 0.05) is 13.5 Å². The number of hydrogen-bond acceptors (Lipinski definition) is 4. The molecule has 0 aliphatic rings. The lowest BCUT2D eigenvalue weighted by Crippen LogP contribution is -2.21. The van der Waals surface area contributed by atoms with E-state index in [1.54, 1.807) is 12.1 Å². The summed E-state index contributed by atoms with van der Waals surface area (Å²) in [5, 5.41) is 2.73. The number of carbonyl (C=O) groups excluding carboxylic acids is 1. The number of aromatic nitrogens is 2. The zero-order chi connectivity index (χ0) is 19.2. The predicted octanol–water partition coefficient (Wildman–Crippen LogP) is 3.21. The molecular formula is C20H18BrN3O3. The predicted molar refractivity (Wildman–Crippen MR) is 106 cm³/mol. The van der Waals surface area contributed by atoms with Crippen molar-refractivity contribution in [1.82, 2.24) is 14.9 Å². The van der Waals surface area contributed by atoms with Crippen molar-refractivity contribution in [3.63, 3.8) is 0 Å². The summed E-state index contributed by atoms with van der Waals surface area (Å²) < 4.78 is 7.36. The molecule has 1 N–H and O–H groups in total. The molecular weight excluding hydrogens is 410 g/mol. The molecule has 0 spiro atoms. The van der Waals surface area contributed by atoms with Gasteiger partial charge >= 0.3 is 0 Å². The molecule has 6 nitrogen and oxygen atoms in total. The van der Waals surface area contributed by atoms with Gasteiger partial charge in [0.25, 0.3) is 5.56 Å². The van der Waals surface area contributed by atoms with Crippen molar-refractivity contribution in [3.8, 4) is 11.6 Å². The standard InChI is InChI=1S/C20H18BrN3O3/c1-14(25)22-11-15-7-9-17(10-8-15)24-13-23-19(18(21)20(24)26)27-12-16-5-3-2-4-6-16/h2-10,13H,11-12H2,1H3,(H,22,25). The highest BCUT2D eigenvalue weighted by atomic mass is 79.9. The second-order valence-electron chi connectivity index (χ2n) is 5.89. The third-order valence-electron chi connectivity index (χ3n) is 3.86. The van der Waals surface area contributed by atoms with E-state index in [-0.39, 0.29) is 21.8 Å². The summed E-state index contributed by atoms with van der Waals surface area (Å²) in [7, 11) is 0. The van der Waals surface area contributed by atoms with Gasteiger partial charge in [-0.25, -0.2) is 4.98 Å². The third-order valence-corrected chi connectivity index (χ3v) is 4.54. The maximum atomic E-state index is 12.6. The van der Waals surface area contributed by atoms with E-state index >= 15 is 0 Å². The van der Waals surface area contributed by atoms with Crippen LogP contribution in [0.5, 0.6) is 5.88 Å². The number of halogens is 1. The van der Waals surface area contributed by atoms with Gasteiger partial charge in [0.15, 0.2) is 0 Å². The van der Waals surface area contributed by atoms with Crippen LogP contribution >= 0.6 is 15.9 Å². The number of amides is 1. The van der Waals surface area contributed by atoms with Gasteiger partial charge in [-0.1, -0.05) is 42.5 Å². The lowest BCUT2D eigenvalue weighted by atomic mass is 10.2. The molecule has 1 aromatic heterocycles. The molecule has 0 aliphatic heterocycles. The van der Waals surface area contributed by atoms with Crippen LogP contribution < -0.4 is 15.6 Å². The van der Waals surface area contributed by atoms with Crippen molar-refractivity contribution in [2.24, 2.45) is 0 Å². The Kier molecular flexibility index (Phi) is 6.03. The van der Waals surface area contributed by atoms with E-state index in [0.29, 0.717) is 18.8 Å². The molecule has 0 atom stereocenters. The number of ether oxygens (including phenoxy) is 1. The van der Waals surface area contributed by atoms with Crippen LogP contribution in [-0.2, 0) is 17.9 Å². The van der Waals surface area contributed by atoms with E-state index in [2.05, 4.69) is 26.2 Å². The van der Waals surface area contributed by atoms with Gasteiger partial charge in [0.2, 0.25) is 11.8 Å². The van der Waals surface area contributed by atoms with E-state index in [4.69, 9.17) is 4.74 Å². The average molecular weight is 428 g/mol. The quantitative estimate of drug-likeness (QED) is 0.655. The van der Waals surface area contributed by atoms with Gasteiger partial charge < -0.3 is 10.1 Å². The van der Waals surface area contributed by atoms with Crippen molar-refractivity contribution in [2.45, 2.75) is 20.1 Å². The fraction of sp³-hybridized carbons (Fsp3) is 0.150. The lowest BCUT2D eigenvalue weighted by Gasteiger charge is -2.11. The molecule has 2 aromatic carbocycles. The first-order chi connectivity index (χ1) is 13.0. The number of carbonyl (C=O) groups is 1. The van der Waals surface area contributed by atoms with E-state index in [0.717, 1.165) is 11.1 Å². The molecule has 27 heavy (non-hydrogen) atoms. The highest BCUT2D eigenvalue weighted by Crippen LogP contribution is 2.19. The maximum absolute atomic E-state index is 12.6. The summed E-state index contributed by atoms with van der Waals surface area (Å²) in [6.07, 6.45) is 1.44. The molecule has 0 aliphatic carbocycles. The summed E-state index contributed by atoms with van der Waals surface area (Å²) in [4.78, 5) is 27.9. The highest BCUT2D eigenvalue weighted by Gasteiger charge is 2.12. The Morgan fingerprint density at radius 1 is 1.11 bits per heavy atom. The first-order valence-corrected chi connectivity index (χ1v) is 9.11. The molecule has 1 heterocycles. The first-order valence-electron chi connectivity index (χ1n) is 8.32. The van der Waals surface area contributed by atoms with Crippen LogP contribution in [0.4, 0.5) is 0 Å². The van der Waals surface area contributed by atoms with Crippen LogP contribution in [0, 0.1) is 0 Å². The van der Waals surface area contributed by atoms with Gasteiger partial charge in [-0.2, -0.15) is 0 Å². The van der Waals surface area contributed by atoms with Crippen LogP contribution in [0.25, 0.3) is 5.69 Å². The normalized spacial score (nSPS) is 10.4. The van der Waals surface area contributed by atoms with Crippen LogP contribution in [0.2, 0.25) is 0 Å². The van der Waals surface area contributed by atoms with Crippen LogP contribution in [0.3, 0.4) is 0 Å². The van der Waals surface area contributed by atoms with Crippen molar-refractivity contribution in [3.05, 3.63) is 86.9 Å². The van der Waals surface area contributed by atoms with Gasteiger partial charge in [-0.15, -0.1) is 0 Å². The van der Waals surface area contributed by atoms with Crippen molar-refractivity contribution in [2.75, 3.05) is 0 Å². The second kappa shape index (κ2) is 8.64. The summed E-state index contributed by atoms with van der Waals surface area (Å²) in [6, 6.07) is 17.0. The largest absolute Gasteiger partial charge is 0.472 e. The Morgan fingerprint density at radius 3 is 2.48 bits per heavy atom. The Hall–Kier alpha value is -2.93. The number of hydrogen-bond donors (Lipinski definition) is 1. The Morgan fingerprint density at radius 2 is 1.81 bits per heavy atom. The zero-order valence-electron chi connectivity index (χ0n) is 14.7. The zero-order valence-corrected chi connectivity index (χ0v) is 16.3. The lowest BCUT2D eigenvalue weighted by molar-refractivity contribution is -0.119. The smallest absolute Gasteiger partial charge is 0.276 e. The highest BCUT2D eigenvalue weighted by molar-refractivity contribution is 9.10. The molecule has 0 saturated heterocycles. The summed E-state index contributed by atoms with van der Waals surface area (Å²) in [5.74, 6) is 0.164. The van der Waals surface area contributed by atoms with Crippen molar-refractivity contribution < 1.29 is 9.53 Å². The number of nitrogens with one attached hydrogen (secondary N) is 1. The molecule has 3 aromatic rings. The third kappa shape index (κ3) is 4.83. The number of rotatable bonds is 6. The van der Waals surface area contributed by atoms with Crippen LogP contribution in [-0.4, -0.2) is 15.5 Å². The van der Waals surface area contributed by atoms with E-state index in [9.17, 15) is 9.59 Å². The van der Waals surface area contributed by atoms with Crippen LogP contribution in [0.15, 0.2) is 70.2 Å². The molecule has 138 valence electrons. The summed E-state index contributed by atoms with van der Waals surface area (Å²) in [6.45, 7) is 2.24. The van der Waals surface area contributed by atoms with Gasteiger partial charge in [0.1, 0.15) is 17.4 Å². The fourth-order valence-corrected chi connectivity index (χ4v) is 2.84. The summed E-state index contributed by atoms with van der Waals surface area (Å²) in [5.41, 5.74) is 2.35. The van der Waals surface area contributed by atoms with Crippen molar-refractivity contribution >= 4 is 21.8 Å². The summed E-state index contributed by atoms with van der Waals surface area (Å²) >= 11 is 3.29. The fourth-order valence-electron chi connectivity index (χ4n) is 2.43. The minimum atomic E-state index is -0.261. The van der Waals surface area contributed by atoms with Gasteiger partial charge in [0.05, 0.1) is 5.69 Å². The van der Waals surface area contributed by atoms with Crippen molar-refractivity contribution in [1.29, 1.82) is 0 Å². The number of benzene rings is 2. The van der Waals surface area contributed by atoms with E-state index in [1.807, 2.05) is 42.5 Å². The molecule has 0 radical (unpaired) electrons. The molecule has 0 unspecified atom stereocenters. The van der Waals surface area contributed by atoms with Crippen LogP contribution in [0.1, 0.15) is 18.1 Å². The monoisotopic (exact) mass is 427 g/mol. The topological polar surface area (TPSA) is 73.2 Å². The van der Waals surface area contributed by atoms with E-state index < -0.39 is 0 Å². The molecule has 1 amide bonds. The maximum Gasteiger partial charge on any atom is 0.276 e. The second-order valence-corrected chi connectivity index (χ2v) is 6.68. The SMILES string of the molecule is CC(=O)NCc1ccc(-n2cnc(OCc3ccccc3)c(Br)c2=O)cc1. The average Bonchev–Trinajstić information content (AvgIpc) is 2.69. The van der Waals surface area contributed by atoms with Gasteiger partial charge in [-0.05, 0) is 39.2 Å². The Bertz CT molecular complexity index is 986. The minimum Gasteiger partial charge on any atom is -0.472 e. The minimum absolute atomic E-state index is 0.0884. The Balaban J connectivity index is 1.76. The molecule has 0 saturated carbocycles. The number of nitrogens with zero attached hydrogens (tertiary/aromatic N) is 2. The molecule has 0 bridgehead atoms. The Labute approximate surface area is 165 Å². The van der Waals surface area contributed by atoms with Gasteiger partial charge in [-0.3, -0.25) is 14.2 Å². The molecule has 7 heteroatoms. The van der Waals surface area contributed by atoms with E-state index in [1.165, 1.54) is 17.8 Å². The molecule has 3 rings (SSSR count).